The van der Waals surface area contributed by atoms with Crippen molar-refractivity contribution < 1.29 is 5.11 Å². The van der Waals surface area contributed by atoms with Crippen molar-refractivity contribution in [2.24, 2.45) is 18.9 Å². The monoisotopic (exact) mass is 296 g/mol. The predicted octanol–water partition coefficient (Wildman–Crippen LogP) is -0.0320. The van der Waals surface area contributed by atoms with Crippen molar-refractivity contribution in [3.05, 3.63) is 20.8 Å². The molecule has 7 heteroatoms. The maximum Gasteiger partial charge on any atom is 0.332 e. The summed E-state index contributed by atoms with van der Waals surface area (Å²) in [5, 5.41) is 12.8. The molecule has 0 bridgehead atoms. The van der Waals surface area contributed by atoms with Crippen molar-refractivity contribution in [3.8, 4) is 0 Å². The van der Waals surface area contributed by atoms with Crippen LogP contribution in [0.2, 0.25) is 0 Å². The van der Waals surface area contributed by atoms with Crippen molar-refractivity contribution in [3.63, 3.8) is 0 Å². The summed E-state index contributed by atoms with van der Waals surface area (Å²) >= 11 is 0. The van der Waals surface area contributed by atoms with Crippen LogP contribution in [0.1, 0.15) is 26.7 Å². The Hall–Kier alpha value is -1.76. The lowest BCUT2D eigenvalue weighted by Gasteiger charge is -2.18. The van der Waals surface area contributed by atoms with Crippen LogP contribution in [0.3, 0.4) is 0 Å². The molecule has 0 spiro atoms. The number of aliphatic hydroxyl groups excluding tert-OH is 1. The summed E-state index contributed by atoms with van der Waals surface area (Å²) in [4.78, 5) is 24.3. The first-order chi connectivity index (χ1) is 9.82. The summed E-state index contributed by atoms with van der Waals surface area (Å²) in [5.74, 6) is 0.677. The molecule has 1 aromatic rings. The minimum absolute atomic E-state index is 0.139. The third kappa shape index (κ3) is 3.29. The van der Waals surface area contributed by atoms with Crippen molar-refractivity contribution in [2.75, 3.05) is 17.6 Å². The largest absolute Gasteiger partial charge is 0.391 e. The molecule has 1 fully saturated rings. The molecule has 1 saturated carbocycles. The summed E-state index contributed by atoms with van der Waals surface area (Å²) in [6, 6.07) is 0. The molecule has 118 valence electrons. The van der Waals surface area contributed by atoms with Crippen LogP contribution in [0.5, 0.6) is 0 Å². The van der Waals surface area contributed by atoms with Gasteiger partial charge in [0.2, 0.25) is 0 Å². The zero-order chi connectivity index (χ0) is 15.7. The zero-order valence-corrected chi connectivity index (χ0v) is 12.8. The highest BCUT2D eigenvalue weighted by Crippen LogP contribution is 2.32. The summed E-state index contributed by atoms with van der Waals surface area (Å²) in [7, 11) is 1.43. The van der Waals surface area contributed by atoms with Crippen LogP contribution in [-0.2, 0) is 13.6 Å². The van der Waals surface area contributed by atoms with Gasteiger partial charge in [0.05, 0.1) is 6.10 Å². The van der Waals surface area contributed by atoms with Gasteiger partial charge in [0, 0.05) is 20.1 Å². The highest BCUT2D eigenvalue weighted by atomic mass is 16.3. The van der Waals surface area contributed by atoms with Gasteiger partial charge in [0.1, 0.15) is 11.5 Å². The lowest BCUT2D eigenvalue weighted by molar-refractivity contribution is 0.164. The lowest BCUT2D eigenvalue weighted by Crippen LogP contribution is -2.42. The van der Waals surface area contributed by atoms with E-state index >= 15 is 0 Å². The van der Waals surface area contributed by atoms with Gasteiger partial charge in [-0.1, -0.05) is 13.8 Å². The van der Waals surface area contributed by atoms with Crippen LogP contribution in [0.25, 0.3) is 0 Å². The molecule has 0 radical (unpaired) electrons. The standard InChI is InChI=1S/C14H24N4O3/c1-8(2)7-18-12(15)11(13(20)17(3)14(18)21)16-6-10(19)9-4-5-9/h8-10,16,19H,4-7,15H2,1-3H3. The molecule has 0 aromatic carbocycles. The summed E-state index contributed by atoms with van der Waals surface area (Å²) < 4.78 is 2.45. The number of anilines is 2. The number of rotatable bonds is 6. The highest BCUT2D eigenvalue weighted by Gasteiger charge is 2.29. The third-order valence-electron chi connectivity index (χ3n) is 3.79. The van der Waals surface area contributed by atoms with Crippen molar-refractivity contribution in [1.29, 1.82) is 0 Å². The normalized spacial score (nSPS) is 16.2. The molecule has 1 aromatic heterocycles. The molecule has 4 N–H and O–H groups in total. The van der Waals surface area contributed by atoms with Crippen molar-refractivity contribution in [2.45, 2.75) is 39.3 Å². The topological polar surface area (TPSA) is 102 Å². The van der Waals surface area contributed by atoms with Gasteiger partial charge in [0.25, 0.3) is 5.56 Å². The Bertz CT molecular complexity index is 628. The van der Waals surface area contributed by atoms with Gasteiger partial charge in [-0.3, -0.25) is 13.9 Å². The van der Waals surface area contributed by atoms with Crippen LogP contribution in [0.15, 0.2) is 9.59 Å². The van der Waals surface area contributed by atoms with E-state index in [4.69, 9.17) is 5.73 Å². The van der Waals surface area contributed by atoms with E-state index in [0.29, 0.717) is 12.5 Å². The fourth-order valence-electron chi connectivity index (χ4n) is 2.35. The number of nitrogens with one attached hydrogen (secondary N) is 1. The predicted molar refractivity (Wildman–Crippen MR) is 82.4 cm³/mol. The number of hydrogen-bond acceptors (Lipinski definition) is 5. The van der Waals surface area contributed by atoms with E-state index in [1.54, 1.807) is 0 Å². The van der Waals surface area contributed by atoms with E-state index in [1.807, 2.05) is 13.8 Å². The van der Waals surface area contributed by atoms with Gasteiger partial charge in [0.15, 0.2) is 0 Å². The van der Waals surface area contributed by atoms with E-state index < -0.39 is 17.4 Å². The van der Waals surface area contributed by atoms with Crippen molar-refractivity contribution >= 4 is 11.5 Å². The Kier molecular flexibility index (Phi) is 4.41. The zero-order valence-electron chi connectivity index (χ0n) is 12.8. The lowest BCUT2D eigenvalue weighted by atomic mass is 10.2. The van der Waals surface area contributed by atoms with Crippen LogP contribution in [0.4, 0.5) is 11.5 Å². The molecule has 7 nitrogen and oxygen atoms in total. The molecule has 21 heavy (non-hydrogen) atoms. The average molecular weight is 296 g/mol. The number of aromatic nitrogens is 2. The second-order valence-electron chi connectivity index (χ2n) is 6.20. The van der Waals surface area contributed by atoms with Gasteiger partial charge in [-0.05, 0) is 24.7 Å². The maximum absolute atomic E-state index is 12.2. The Labute approximate surface area is 123 Å². The molecule has 1 unspecified atom stereocenters. The number of nitrogen functional groups attached to an aromatic ring is 1. The first-order valence-electron chi connectivity index (χ1n) is 7.34. The number of nitrogens with zero attached hydrogens (tertiary/aromatic N) is 2. The van der Waals surface area contributed by atoms with E-state index in [1.165, 1.54) is 11.6 Å². The summed E-state index contributed by atoms with van der Waals surface area (Å²) in [5.41, 5.74) is 5.30. The molecule has 0 saturated heterocycles. The van der Waals surface area contributed by atoms with Crippen LogP contribution >= 0.6 is 0 Å². The first kappa shape index (κ1) is 15.6. The Morgan fingerprint density at radius 2 is 2.00 bits per heavy atom. The molecule has 0 aliphatic heterocycles. The molecule has 2 rings (SSSR count). The maximum atomic E-state index is 12.2. The molecule has 1 aliphatic rings. The van der Waals surface area contributed by atoms with Gasteiger partial charge < -0.3 is 16.2 Å². The van der Waals surface area contributed by atoms with Gasteiger partial charge >= 0.3 is 5.69 Å². The Morgan fingerprint density at radius 3 is 2.52 bits per heavy atom. The number of hydrogen-bond donors (Lipinski definition) is 3. The SMILES string of the molecule is CC(C)Cn1c(N)c(NCC(O)C2CC2)c(=O)n(C)c1=O. The molecule has 0 amide bonds. The molecule has 1 atom stereocenters. The highest BCUT2D eigenvalue weighted by molar-refractivity contribution is 5.60. The quantitative estimate of drug-likeness (QED) is 0.684. The van der Waals surface area contributed by atoms with Crippen LogP contribution < -0.4 is 22.3 Å². The molecule has 1 heterocycles. The molecule has 1 aliphatic carbocycles. The average Bonchev–Trinajstić information content (AvgIpc) is 3.25. The Balaban J connectivity index is 2.32. The summed E-state index contributed by atoms with van der Waals surface area (Å²) in [6.45, 7) is 4.66. The minimum Gasteiger partial charge on any atom is -0.391 e. The smallest absolute Gasteiger partial charge is 0.332 e. The Morgan fingerprint density at radius 1 is 1.38 bits per heavy atom. The number of nitrogens with two attached hydrogens (primary N) is 1. The van der Waals surface area contributed by atoms with Gasteiger partial charge in [-0.2, -0.15) is 0 Å². The van der Waals surface area contributed by atoms with Crippen molar-refractivity contribution in [1.82, 2.24) is 9.13 Å². The number of aliphatic hydroxyl groups is 1. The first-order valence-corrected chi connectivity index (χ1v) is 7.34. The third-order valence-corrected chi connectivity index (χ3v) is 3.79. The van der Waals surface area contributed by atoms with E-state index in [2.05, 4.69) is 5.32 Å². The molecular weight excluding hydrogens is 272 g/mol. The fourth-order valence-corrected chi connectivity index (χ4v) is 2.35. The van der Waals surface area contributed by atoms with Gasteiger partial charge in [-0.25, -0.2) is 4.79 Å². The van der Waals surface area contributed by atoms with E-state index in [0.717, 1.165) is 17.4 Å². The summed E-state index contributed by atoms with van der Waals surface area (Å²) in [6.07, 6.45) is 1.55. The van der Waals surface area contributed by atoms with Crippen LogP contribution in [-0.4, -0.2) is 26.9 Å². The molecular formula is C14H24N4O3. The van der Waals surface area contributed by atoms with Crippen LogP contribution in [0, 0.1) is 11.8 Å². The van der Waals surface area contributed by atoms with Gasteiger partial charge in [-0.15, -0.1) is 0 Å². The van der Waals surface area contributed by atoms with E-state index in [9.17, 15) is 14.7 Å². The second-order valence-corrected chi connectivity index (χ2v) is 6.20. The fraction of sp³-hybridized carbons (Fsp3) is 0.714. The van der Waals surface area contributed by atoms with E-state index in [-0.39, 0.29) is 24.0 Å². The second kappa shape index (κ2) is 5.93. The minimum atomic E-state index is -0.486.